The van der Waals surface area contributed by atoms with Crippen LogP contribution in [0.1, 0.15) is 20.3 Å². The van der Waals surface area contributed by atoms with Crippen LogP contribution in [0.3, 0.4) is 0 Å². The zero-order valence-corrected chi connectivity index (χ0v) is 7.38. The van der Waals surface area contributed by atoms with Crippen molar-refractivity contribution in [1.29, 1.82) is 0 Å². The molecule has 2 rings (SSSR count). The number of allylic oxidation sites excluding steroid dienone is 2. The van der Waals surface area contributed by atoms with E-state index < -0.39 is 0 Å². The fourth-order valence-electron chi connectivity index (χ4n) is 1.61. The molecule has 1 aromatic carbocycles. The summed E-state index contributed by atoms with van der Waals surface area (Å²) in [6.45, 7) is 1.89. The van der Waals surface area contributed by atoms with Gasteiger partial charge in [0.15, 0.2) is 0 Å². The summed E-state index contributed by atoms with van der Waals surface area (Å²) in [5, 5.41) is 0. The van der Waals surface area contributed by atoms with Crippen LogP contribution in [-0.2, 0) is 6.42 Å². The molecule has 1 aliphatic rings. The summed E-state index contributed by atoms with van der Waals surface area (Å²) < 4.78 is 7.47. The lowest BCUT2D eigenvalue weighted by molar-refractivity contribution is 0.860. The van der Waals surface area contributed by atoms with Crippen molar-refractivity contribution < 1.29 is 1.37 Å². The molecule has 0 N–H and O–H groups in total. The lowest BCUT2D eigenvalue weighted by Crippen LogP contribution is -1.85. The average Bonchev–Trinajstić information content (AvgIpc) is 2.86. The Hall–Kier alpha value is -1.04. The second-order valence-corrected chi connectivity index (χ2v) is 3.37. The van der Waals surface area contributed by atoms with Gasteiger partial charge in [0.05, 0.1) is 1.37 Å². The first-order chi connectivity index (χ1) is 6.27. The Labute approximate surface area is 75.3 Å². The van der Waals surface area contributed by atoms with E-state index in [1.165, 1.54) is 11.1 Å². The van der Waals surface area contributed by atoms with Gasteiger partial charge in [-0.3, -0.25) is 0 Å². The highest BCUT2D eigenvalue weighted by Gasteiger charge is 2.27. The molecule has 0 bridgehead atoms. The van der Waals surface area contributed by atoms with Crippen molar-refractivity contribution >= 4 is 0 Å². The first kappa shape index (κ1) is 6.47. The number of benzene rings is 1. The molecule has 0 heteroatoms. The minimum absolute atomic E-state index is 0.667. The highest BCUT2D eigenvalue weighted by molar-refractivity contribution is 5.27. The third kappa shape index (κ3) is 1.58. The smallest absolute Gasteiger partial charge is 0.0572 e. The molecular weight excluding hydrogens is 144 g/mol. The standard InChI is InChI=1S/C12H14/c1-2-11-9-12(11)8-10-6-4-3-5-7-10/h2-7,12H,8-9H2,1H3/b11-2+/i2D. The van der Waals surface area contributed by atoms with Gasteiger partial charge in [-0.05, 0) is 31.2 Å². The van der Waals surface area contributed by atoms with E-state index in [0.717, 1.165) is 18.9 Å². The van der Waals surface area contributed by atoms with Crippen LogP contribution < -0.4 is 0 Å². The molecule has 0 nitrogen and oxygen atoms in total. The maximum Gasteiger partial charge on any atom is 0.0572 e. The SMILES string of the molecule is [2H]/C(C)=C1/CC1Cc1ccccc1. The van der Waals surface area contributed by atoms with Crippen LogP contribution >= 0.6 is 0 Å². The minimum Gasteiger partial charge on any atom is -0.0881 e. The summed E-state index contributed by atoms with van der Waals surface area (Å²) in [6, 6.07) is 11.3. The van der Waals surface area contributed by atoms with Crippen molar-refractivity contribution in [1.82, 2.24) is 0 Å². The van der Waals surface area contributed by atoms with Crippen molar-refractivity contribution in [3.63, 3.8) is 0 Å². The first-order valence-electron chi connectivity index (χ1n) is 4.97. The molecule has 1 fully saturated rings. The largest absolute Gasteiger partial charge is 0.0881 e. The molecular formula is C12H14. The lowest BCUT2D eigenvalue weighted by Gasteiger charge is -1.96. The fourth-order valence-corrected chi connectivity index (χ4v) is 1.61. The van der Waals surface area contributed by atoms with Crippen molar-refractivity contribution in [3.05, 3.63) is 47.5 Å². The summed E-state index contributed by atoms with van der Waals surface area (Å²) in [7, 11) is 0. The van der Waals surface area contributed by atoms with Crippen LogP contribution in [0.25, 0.3) is 0 Å². The summed E-state index contributed by atoms with van der Waals surface area (Å²) in [6.07, 6.45) is 2.26. The molecule has 1 unspecified atom stereocenters. The average molecular weight is 159 g/mol. The Balaban J connectivity index is 1.99. The topological polar surface area (TPSA) is 0 Å². The Morgan fingerprint density at radius 3 is 2.83 bits per heavy atom. The maximum absolute atomic E-state index is 7.47. The normalized spacial score (nSPS) is 26.4. The minimum atomic E-state index is 0.667. The van der Waals surface area contributed by atoms with Gasteiger partial charge in [-0.2, -0.15) is 0 Å². The zero-order valence-electron chi connectivity index (χ0n) is 8.38. The second-order valence-electron chi connectivity index (χ2n) is 3.37. The Kier molecular flexibility index (Phi) is 1.69. The molecule has 0 aromatic heterocycles. The van der Waals surface area contributed by atoms with E-state index in [0.29, 0.717) is 5.92 Å². The maximum atomic E-state index is 7.47. The Morgan fingerprint density at radius 1 is 1.50 bits per heavy atom. The second kappa shape index (κ2) is 3.14. The van der Waals surface area contributed by atoms with Crippen molar-refractivity contribution in [2.75, 3.05) is 0 Å². The van der Waals surface area contributed by atoms with E-state index in [-0.39, 0.29) is 0 Å². The van der Waals surface area contributed by atoms with Gasteiger partial charge < -0.3 is 0 Å². The van der Waals surface area contributed by atoms with Gasteiger partial charge >= 0.3 is 0 Å². The molecule has 1 atom stereocenters. The molecule has 0 spiro atoms. The quantitative estimate of drug-likeness (QED) is 0.581. The summed E-state index contributed by atoms with van der Waals surface area (Å²) in [4.78, 5) is 0. The van der Waals surface area contributed by atoms with Crippen LogP contribution in [0.5, 0.6) is 0 Å². The third-order valence-corrected chi connectivity index (χ3v) is 2.45. The first-order valence-corrected chi connectivity index (χ1v) is 4.47. The van der Waals surface area contributed by atoms with E-state index in [9.17, 15) is 0 Å². The van der Waals surface area contributed by atoms with Gasteiger partial charge in [-0.15, -0.1) is 0 Å². The van der Waals surface area contributed by atoms with Crippen LogP contribution in [0.4, 0.5) is 0 Å². The predicted molar refractivity (Wildman–Crippen MR) is 52.0 cm³/mol. The summed E-state index contributed by atoms with van der Waals surface area (Å²) in [5.41, 5.74) is 2.74. The molecule has 62 valence electrons. The van der Waals surface area contributed by atoms with Crippen molar-refractivity contribution in [3.8, 4) is 0 Å². The lowest BCUT2D eigenvalue weighted by atomic mass is 10.1. The number of hydrogen-bond donors (Lipinski definition) is 0. The predicted octanol–water partition coefficient (Wildman–Crippen LogP) is 3.20. The van der Waals surface area contributed by atoms with Crippen LogP contribution in [-0.4, -0.2) is 0 Å². The number of hydrogen-bond acceptors (Lipinski definition) is 0. The van der Waals surface area contributed by atoms with Crippen molar-refractivity contribution in [2.45, 2.75) is 19.8 Å². The van der Waals surface area contributed by atoms with E-state index in [2.05, 4.69) is 24.3 Å². The Bertz CT molecular complexity index is 320. The zero-order chi connectivity index (χ0) is 9.26. The summed E-state index contributed by atoms with van der Waals surface area (Å²) >= 11 is 0. The highest BCUT2D eigenvalue weighted by atomic mass is 14.3. The molecule has 1 saturated carbocycles. The van der Waals surface area contributed by atoms with E-state index in [1.54, 1.807) is 0 Å². The highest BCUT2D eigenvalue weighted by Crippen LogP contribution is 2.39. The molecule has 1 aromatic rings. The van der Waals surface area contributed by atoms with E-state index in [1.807, 2.05) is 13.0 Å². The molecule has 0 heterocycles. The fraction of sp³-hybridized carbons (Fsp3) is 0.333. The third-order valence-electron chi connectivity index (χ3n) is 2.45. The van der Waals surface area contributed by atoms with Gasteiger partial charge in [0.2, 0.25) is 0 Å². The van der Waals surface area contributed by atoms with Crippen LogP contribution in [0.15, 0.2) is 42.0 Å². The molecule has 1 aliphatic carbocycles. The molecule has 0 aliphatic heterocycles. The molecule has 0 saturated heterocycles. The van der Waals surface area contributed by atoms with Gasteiger partial charge in [-0.25, -0.2) is 0 Å². The van der Waals surface area contributed by atoms with Gasteiger partial charge in [-0.1, -0.05) is 42.0 Å². The summed E-state index contributed by atoms with van der Waals surface area (Å²) in [5.74, 6) is 0.667. The molecule has 0 radical (unpaired) electrons. The van der Waals surface area contributed by atoms with Crippen LogP contribution in [0, 0.1) is 5.92 Å². The van der Waals surface area contributed by atoms with Crippen LogP contribution in [0.2, 0.25) is 0 Å². The van der Waals surface area contributed by atoms with Gasteiger partial charge in [0.25, 0.3) is 0 Å². The molecule has 0 amide bonds. The van der Waals surface area contributed by atoms with E-state index >= 15 is 0 Å². The number of rotatable bonds is 2. The monoisotopic (exact) mass is 159 g/mol. The van der Waals surface area contributed by atoms with E-state index in [4.69, 9.17) is 1.37 Å². The van der Waals surface area contributed by atoms with Gasteiger partial charge in [0.1, 0.15) is 0 Å². The van der Waals surface area contributed by atoms with Crippen molar-refractivity contribution in [2.24, 2.45) is 5.92 Å². The molecule has 12 heavy (non-hydrogen) atoms. The Morgan fingerprint density at radius 2 is 2.25 bits per heavy atom. The van der Waals surface area contributed by atoms with Gasteiger partial charge in [0, 0.05) is 0 Å².